The molecule has 5 rings (SSSR count). The fraction of sp³-hybridized carbons (Fsp3) is 0.348. The summed E-state index contributed by atoms with van der Waals surface area (Å²) in [6.07, 6.45) is 3.54. The van der Waals surface area contributed by atoms with Crippen LogP contribution in [0.2, 0.25) is 0 Å². The lowest BCUT2D eigenvalue weighted by molar-refractivity contribution is 0.0730. The van der Waals surface area contributed by atoms with Crippen LogP contribution in [0, 0.1) is 0 Å². The topological polar surface area (TPSA) is 105 Å². The van der Waals surface area contributed by atoms with Crippen LogP contribution in [0.15, 0.2) is 53.6 Å². The van der Waals surface area contributed by atoms with Gasteiger partial charge in [-0.15, -0.1) is 0 Å². The van der Waals surface area contributed by atoms with Crippen molar-refractivity contribution in [2.24, 2.45) is 0 Å². The van der Waals surface area contributed by atoms with Gasteiger partial charge < -0.3 is 15.0 Å². The Labute approximate surface area is 192 Å². The smallest absolute Gasteiger partial charge is 0.275 e. The SMILES string of the molecule is O=C(Nc1cc(S(=O)(=O)N2CCOCC2)ccc1N1CCCC1)c1cnc2ccccc2n1. The highest BCUT2D eigenvalue weighted by molar-refractivity contribution is 7.89. The quantitative estimate of drug-likeness (QED) is 0.615. The zero-order chi connectivity index (χ0) is 22.8. The third-order valence-corrected chi connectivity index (χ3v) is 7.85. The van der Waals surface area contributed by atoms with Crippen molar-refractivity contribution < 1.29 is 17.9 Å². The molecule has 0 spiro atoms. The van der Waals surface area contributed by atoms with Crippen molar-refractivity contribution in [3.05, 3.63) is 54.4 Å². The number of sulfonamides is 1. The number of carbonyl (C=O) groups excluding carboxylic acids is 1. The van der Waals surface area contributed by atoms with Gasteiger partial charge in [-0.25, -0.2) is 13.4 Å². The maximum Gasteiger partial charge on any atom is 0.275 e. The van der Waals surface area contributed by atoms with E-state index in [4.69, 9.17) is 4.74 Å². The lowest BCUT2D eigenvalue weighted by Gasteiger charge is -2.27. The van der Waals surface area contributed by atoms with Gasteiger partial charge >= 0.3 is 0 Å². The van der Waals surface area contributed by atoms with Gasteiger partial charge in [-0.3, -0.25) is 9.78 Å². The minimum Gasteiger partial charge on any atom is -0.379 e. The number of nitrogens with zero attached hydrogens (tertiary/aromatic N) is 4. The molecule has 0 radical (unpaired) electrons. The number of rotatable bonds is 5. The van der Waals surface area contributed by atoms with Gasteiger partial charge in [-0.1, -0.05) is 12.1 Å². The summed E-state index contributed by atoms with van der Waals surface area (Å²) >= 11 is 0. The van der Waals surface area contributed by atoms with Crippen molar-refractivity contribution >= 4 is 38.3 Å². The number of para-hydroxylation sites is 2. The maximum absolute atomic E-state index is 13.2. The Morgan fingerprint density at radius 3 is 2.45 bits per heavy atom. The number of ether oxygens (including phenoxy) is 1. The molecule has 1 amide bonds. The van der Waals surface area contributed by atoms with Crippen LogP contribution < -0.4 is 10.2 Å². The number of benzene rings is 2. The van der Waals surface area contributed by atoms with Gasteiger partial charge in [0.1, 0.15) is 5.69 Å². The number of amides is 1. The third-order valence-electron chi connectivity index (χ3n) is 5.95. The van der Waals surface area contributed by atoms with Crippen molar-refractivity contribution in [2.75, 3.05) is 49.6 Å². The Hall–Kier alpha value is -3.08. The van der Waals surface area contributed by atoms with E-state index in [9.17, 15) is 13.2 Å². The summed E-state index contributed by atoms with van der Waals surface area (Å²) in [5, 5.41) is 2.89. The third kappa shape index (κ3) is 4.41. The molecule has 3 heterocycles. The van der Waals surface area contributed by atoms with Crippen LogP contribution in [0.1, 0.15) is 23.3 Å². The Bertz CT molecular complexity index is 1290. The molecule has 10 heteroatoms. The standard InChI is InChI=1S/C23H25N5O4S/c29-23(21-16-24-18-5-1-2-6-19(18)25-21)26-20-15-17(7-8-22(20)27-9-3-4-10-27)33(30,31)28-11-13-32-14-12-28/h1-2,5-8,15-16H,3-4,9-14H2,(H,26,29). The molecule has 2 saturated heterocycles. The fourth-order valence-corrected chi connectivity index (χ4v) is 5.63. The minimum absolute atomic E-state index is 0.146. The number of aromatic nitrogens is 2. The van der Waals surface area contributed by atoms with Crippen molar-refractivity contribution in [1.82, 2.24) is 14.3 Å². The molecule has 2 aliphatic heterocycles. The molecule has 0 unspecified atom stereocenters. The second-order valence-electron chi connectivity index (χ2n) is 8.09. The van der Waals surface area contributed by atoms with Crippen LogP contribution in [0.3, 0.4) is 0 Å². The summed E-state index contributed by atoms with van der Waals surface area (Å²) in [5.74, 6) is -0.436. The van der Waals surface area contributed by atoms with Crippen LogP contribution in [0.4, 0.5) is 11.4 Å². The summed E-state index contributed by atoms with van der Waals surface area (Å²) < 4.78 is 33.1. The van der Waals surface area contributed by atoms with E-state index in [0.29, 0.717) is 43.0 Å². The second kappa shape index (κ2) is 9.05. The summed E-state index contributed by atoms with van der Waals surface area (Å²) in [6, 6.07) is 12.3. The molecule has 0 saturated carbocycles. The number of carbonyl (C=O) groups is 1. The molecule has 33 heavy (non-hydrogen) atoms. The van der Waals surface area contributed by atoms with Gasteiger partial charge in [0.05, 0.1) is 46.7 Å². The molecule has 2 fully saturated rings. The minimum atomic E-state index is -3.70. The first-order valence-electron chi connectivity index (χ1n) is 11.0. The molecule has 2 aromatic carbocycles. The average molecular weight is 468 g/mol. The first kappa shape index (κ1) is 21.7. The molecule has 1 aromatic heterocycles. The van der Waals surface area contributed by atoms with E-state index in [1.807, 2.05) is 18.2 Å². The zero-order valence-electron chi connectivity index (χ0n) is 18.1. The van der Waals surface area contributed by atoms with Gasteiger partial charge in [-0.05, 0) is 43.2 Å². The first-order valence-corrected chi connectivity index (χ1v) is 12.5. The van der Waals surface area contributed by atoms with Gasteiger partial charge in [-0.2, -0.15) is 4.31 Å². The average Bonchev–Trinajstić information content (AvgIpc) is 3.39. The predicted molar refractivity (Wildman–Crippen MR) is 125 cm³/mol. The lowest BCUT2D eigenvalue weighted by Crippen LogP contribution is -2.40. The molecule has 2 aliphatic rings. The van der Waals surface area contributed by atoms with E-state index < -0.39 is 15.9 Å². The monoisotopic (exact) mass is 467 g/mol. The number of nitrogens with one attached hydrogen (secondary N) is 1. The number of hydrogen-bond acceptors (Lipinski definition) is 7. The molecule has 0 atom stereocenters. The van der Waals surface area contributed by atoms with Gasteiger partial charge in [0.15, 0.2) is 0 Å². The predicted octanol–water partition coefficient (Wildman–Crippen LogP) is 2.50. The summed E-state index contributed by atoms with van der Waals surface area (Å²) in [5.41, 5.74) is 2.74. The molecule has 3 aromatic rings. The van der Waals surface area contributed by atoms with Crippen LogP contribution in [-0.2, 0) is 14.8 Å². The van der Waals surface area contributed by atoms with Gasteiger partial charge in [0.2, 0.25) is 10.0 Å². The molecule has 0 bridgehead atoms. The van der Waals surface area contributed by atoms with E-state index in [2.05, 4.69) is 20.2 Å². The summed E-state index contributed by atoms with van der Waals surface area (Å²) in [7, 11) is -3.70. The van der Waals surface area contributed by atoms with E-state index in [-0.39, 0.29) is 10.6 Å². The number of fused-ring (bicyclic) bond motifs is 1. The van der Waals surface area contributed by atoms with Crippen molar-refractivity contribution in [3.8, 4) is 0 Å². The van der Waals surface area contributed by atoms with Gasteiger partial charge in [0.25, 0.3) is 5.91 Å². The summed E-state index contributed by atoms with van der Waals surface area (Å²) in [6.45, 7) is 3.07. The fourth-order valence-electron chi connectivity index (χ4n) is 4.20. The van der Waals surface area contributed by atoms with E-state index >= 15 is 0 Å². The molecule has 172 valence electrons. The first-order chi connectivity index (χ1) is 16.0. The van der Waals surface area contributed by atoms with Crippen LogP contribution in [0.5, 0.6) is 0 Å². The van der Waals surface area contributed by atoms with Crippen molar-refractivity contribution in [1.29, 1.82) is 0 Å². The normalized spacial score (nSPS) is 17.4. The molecular formula is C23H25N5O4S. The Kier molecular flexibility index (Phi) is 5.96. The van der Waals surface area contributed by atoms with Crippen LogP contribution in [-0.4, -0.2) is 68.0 Å². The molecule has 1 N–H and O–H groups in total. The van der Waals surface area contributed by atoms with E-state index in [1.165, 1.54) is 10.5 Å². The highest BCUT2D eigenvalue weighted by Gasteiger charge is 2.28. The Balaban J connectivity index is 1.49. The highest BCUT2D eigenvalue weighted by Crippen LogP contribution is 2.33. The summed E-state index contributed by atoms with van der Waals surface area (Å²) in [4.78, 5) is 24.1. The lowest BCUT2D eigenvalue weighted by atomic mass is 10.2. The van der Waals surface area contributed by atoms with Gasteiger partial charge in [0, 0.05) is 26.2 Å². The zero-order valence-corrected chi connectivity index (χ0v) is 18.9. The van der Waals surface area contributed by atoms with E-state index in [0.717, 1.165) is 31.6 Å². The molecular weight excluding hydrogens is 442 g/mol. The molecule has 0 aliphatic carbocycles. The Morgan fingerprint density at radius 2 is 1.70 bits per heavy atom. The largest absolute Gasteiger partial charge is 0.379 e. The number of hydrogen-bond donors (Lipinski definition) is 1. The second-order valence-corrected chi connectivity index (χ2v) is 10.0. The van der Waals surface area contributed by atoms with Crippen molar-refractivity contribution in [2.45, 2.75) is 17.7 Å². The number of morpholine rings is 1. The van der Waals surface area contributed by atoms with Crippen molar-refractivity contribution in [3.63, 3.8) is 0 Å². The van der Waals surface area contributed by atoms with E-state index in [1.54, 1.807) is 24.3 Å². The number of anilines is 2. The molecule has 9 nitrogen and oxygen atoms in total. The highest BCUT2D eigenvalue weighted by atomic mass is 32.2. The Morgan fingerprint density at radius 1 is 0.970 bits per heavy atom. The van der Waals surface area contributed by atoms with Crippen LogP contribution in [0.25, 0.3) is 11.0 Å². The maximum atomic E-state index is 13.2. The van der Waals surface area contributed by atoms with Crippen LogP contribution >= 0.6 is 0 Å².